The molecule has 1 aromatic rings. The van der Waals surface area contributed by atoms with E-state index in [1.807, 2.05) is 13.1 Å². The monoisotopic (exact) mass is 236 g/mol. The summed E-state index contributed by atoms with van der Waals surface area (Å²) in [5.41, 5.74) is 1.26. The largest absolute Gasteiger partial charge is 0.454 e. The van der Waals surface area contributed by atoms with Gasteiger partial charge in [0, 0.05) is 12.6 Å². The van der Waals surface area contributed by atoms with Gasteiger partial charge < -0.3 is 14.8 Å². The highest BCUT2D eigenvalue weighted by Crippen LogP contribution is 2.35. The summed E-state index contributed by atoms with van der Waals surface area (Å²) in [5.74, 6) is 1.70. The Kier molecular flexibility index (Phi) is 3.86. The first-order valence-corrected chi connectivity index (χ1v) is 6.00. The maximum Gasteiger partial charge on any atom is 0.231 e. The molecule has 1 aromatic carbocycles. The minimum Gasteiger partial charge on any atom is -0.454 e. The molecule has 0 fully saturated rings. The van der Waals surface area contributed by atoms with Crippen LogP contribution in [0.2, 0.25) is 0 Å². The van der Waals surface area contributed by atoms with Crippen molar-refractivity contribution in [3.05, 3.63) is 23.8 Å². The zero-order valence-corrected chi connectivity index (χ0v) is 10.7. The van der Waals surface area contributed by atoms with Crippen LogP contribution in [-0.4, -0.2) is 38.9 Å². The Morgan fingerprint density at radius 2 is 2.12 bits per heavy atom. The van der Waals surface area contributed by atoms with Gasteiger partial charge in [-0.15, -0.1) is 0 Å². The molecule has 1 atom stereocenters. The molecule has 1 heterocycles. The van der Waals surface area contributed by atoms with Crippen LogP contribution in [0.1, 0.15) is 18.5 Å². The Morgan fingerprint density at radius 3 is 2.82 bits per heavy atom. The molecule has 0 aliphatic carbocycles. The molecule has 0 aromatic heterocycles. The molecule has 0 saturated heterocycles. The predicted molar refractivity (Wildman–Crippen MR) is 67.5 cm³/mol. The van der Waals surface area contributed by atoms with E-state index in [-0.39, 0.29) is 0 Å². The van der Waals surface area contributed by atoms with Crippen molar-refractivity contribution in [3.63, 3.8) is 0 Å². The summed E-state index contributed by atoms with van der Waals surface area (Å²) in [6.07, 6.45) is 0. The summed E-state index contributed by atoms with van der Waals surface area (Å²) in [6.45, 7) is 4.43. The molecule has 1 aliphatic rings. The van der Waals surface area contributed by atoms with Gasteiger partial charge in [-0.25, -0.2) is 0 Å². The van der Waals surface area contributed by atoms with Crippen LogP contribution in [-0.2, 0) is 0 Å². The first kappa shape index (κ1) is 12.2. The molecular formula is C13H20N2O2. The fourth-order valence-corrected chi connectivity index (χ4v) is 2.06. The molecular weight excluding hydrogens is 216 g/mol. The Hall–Kier alpha value is -1.26. The van der Waals surface area contributed by atoms with E-state index in [0.717, 1.165) is 24.6 Å². The first-order valence-electron chi connectivity index (χ1n) is 6.00. The Balaban J connectivity index is 2.23. The van der Waals surface area contributed by atoms with E-state index in [2.05, 4.69) is 36.3 Å². The molecule has 0 radical (unpaired) electrons. The van der Waals surface area contributed by atoms with Gasteiger partial charge in [0.15, 0.2) is 11.5 Å². The lowest BCUT2D eigenvalue weighted by Gasteiger charge is -2.27. The standard InChI is InChI=1S/C13H20N2O2/c1-4-15(3)11(8-14-2)10-5-6-12-13(7-10)17-9-16-12/h5-7,11,14H,4,8-9H2,1-3H3. The SMILES string of the molecule is CCN(C)C(CNC)c1ccc2c(c1)OCO2. The van der Waals surface area contributed by atoms with Gasteiger partial charge in [-0.3, -0.25) is 4.90 Å². The van der Waals surface area contributed by atoms with E-state index in [1.54, 1.807) is 0 Å². The highest BCUT2D eigenvalue weighted by molar-refractivity contribution is 5.45. The lowest BCUT2D eigenvalue weighted by molar-refractivity contribution is 0.173. The molecule has 1 unspecified atom stereocenters. The molecule has 0 bridgehead atoms. The lowest BCUT2D eigenvalue weighted by atomic mass is 10.0. The van der Waals surface area contributed by atoms with Crippen LogP contribution in [0.15, 0.2) is 18.2 Å². The quantitative estimate of drug-likeness (QED) is 0.842. The summed E-state index contributed by atoms with van der Waals surface area (Å²) in [5, 5.41) is 3.24. The number of benzene rings is 1. The van der Waals surface area contributed by atoms with Gasteiger partial charge in [0.1, 0.15) is 0 Å². The van der Waals surface area contributed by atoms with Crippen molar-refractivity contribution in [2.75, 3.05) is 34.0 Å². The number of nitrogens with one attached hydrogen (secondary N) is 1. The van der Waals surface area contributed by atoms with Crippen LogP contribution in [0.5, 0.6) is 11.5 Å². The summed E-state index contributed by atoms with van der Waals surface area (Å²) >= 11 is 0. The number of nitrogens with zero attached hydrogens (tertiary/aromatic N) is 1. The maximum absolute atomic E-state index is 5.42. The van der Waals surface area contributed by atoms with Gasteiger partial charge in [0.2, 0.25) is 6.79 Å². The second kappa shape index (κ2) is 5.38. The van der Waals surface area contributed by atoms with Gasteiger partial charge in [-0.2, -0.15) is 0 Å². The van der Waals surface area contributed by atoms with Crippen LogP contribution in [0.3, 0.4) is 0 Å². The second-order valence-electron chi connectivity index (χ2n) is 4.26. The van der Waals surface area contributed by atoms with Crippen LogP contribution in [0, 0.1) is 0 Å². The van der Waals surface area contributed by atoms with Gasteiger partial charge >= 0.3 is 0 Å². The Labute approximate surface area is 103 Å². The Bertz CT molecular complexity index is 382. The summed E-state index contributed by atoms with van der Waals surface area (Å²) in [4.78, 5) is 2.31. The van der Waals surface area contributed by atoms with Crippen molar-refractivity contribution in [3.8, 4) is 11.5 Å². The third-order valence-electron chi connectivity index (χ3n) is 3.21. The number of fused-ring (bicyclic) bond motifs is 1. The van der Waals surface area contributed by atoms with Crippen molar-refractivity contribution < 1.29 is 9.47 Å². The van der Waals surface area contributed by atoms with Crippen molar-refractivity contribution >= 4 is 0 Å². The van der Waals surface area contributed by atoms with E-state index in [1.165, 1.54) is 5.56 Å². The minimum atomic E-state index is 0.332. The molecule has 4 nitrogen and oxygen atoms in total. The van der Waals surface area contributed by atoms with Crippen LogP contribution < -0.4 is 14.8 Å². The molecule has 4 heteroatoms. The number of likely N-dealkylation sites (N-methyl/N-ethyl adjacent to an activating group) is 2. The number of hydrogen-bond acceptors (Lipinski definition) is 4. The van der Waals surface area contributed by atoms with Crippen molar-refractivity contribution in [1.82, 2.24) is 10.2 Å². The molecule has 94 valence electrons. The van der Waals surface area contributed by atoms with Gasteiger partial charge in [0.05, 0.1) is 0 Å². The fourth-order valence-electron chi connectivity index (χ4n) is 2.06. The zero-order chi connectivity index (χ0) is 12.3. The first-order chi connectivity index (χ1) is 8.26. The minimum absolute atomic E-state index is 0.332. The van der Waals surface area contributed by atoms with Crippen molar-refractivity contribution in [2.45, 2.75) is 13.0 Å². The topological polar surface area (TPSA) is 33.7 Å². The predicted octanol–water partition coefficient (Wildman–Crippen LogP) is 1.63. The molecule has 1 aliphatic heterocycles. The summed E-state index contributed by atoms with van der Waals surface area (Å²) in [6, 6.07) is 6.54. The van der Waals surface area contributed by atoms with E-state index in [9.17, 15) is 0 Å². The van der Waals surface area contributed by atoms with E-state index in [4.69, 9.17) is 9.47 Å². The maximum atomic E-state index is 5.42. The molecule has 17 heavy (non-hydrogen) atoms. The number of ether oxygens (including phenoxy) is 2. The molecule has 0 amide bonds. The third kappa shape index (κ3) is 2.53. The summed E-state index contributed by atoms with van der Waals surface area (Å²) in [7, 11) is 4.11. The number of rotatable bonds is 5. The lowest BCUT2D eigenvalue weighted by Crippen LogP contribution is -2.31. The van der Waals surface area contributed by atoms with Gasteiger partial charge in [-0.1, -0.05) is 13.0 Å². The smallest absolute Gasteiger partial charge is 0.231 e. The Morgan fingerprint density at radius 1 is 1.35 bits per heavy atom. The normalized spacial score (nSPS) is 15.3. The molecule has 2 rings (SSSR count). The highest BCUT2D eigenvalue weighted by Gasteiger charge is 2.19. The van der Waals surface area contributed by atoms with E-state index in [0.29, 0.717) is 12.8 Å². The van der Waals surface area contributed by atoms with E-state index < -0.39 is 0 Å². The van der Waals surface area contributed by atoms with Gasteiger partial charge in [0.25, 0.3) is 0 Å². The van der Waals surface area contributed by atoms with Crippen LogP contribution in [0.25, 0.3) is 0 Å². The molecule has 0 spiro atoms. The van der Waals surface area contributed by atoms with E-state index >= 15 is 0 Å². The number of hydrogen-bond donors (Lipinski definition) is 1. The van der Waals surface area contributed by atoms with Crippen LogP contribution in [0.4, 0.5) is 0 Å². The van der Waals surface area contributed by atoms with Crippen molar-refractivity contribution in [1.29, 1.82) is 0 Å². The fraction of sp³-hybridized carbons (Fsp3) is 0.538. The molecule has 1 N–H and O–H groups in total. The summed E-state index contributed by atoms with van der Waals surface area (Å²) < 4.78 is 10.7. The average Bonchev–Trinajstić information content (AvgIpc) is 2.82. The van der Waals surface area contributed by atoms with Crippen molar-refractivity contribution in [2.24, 2.45) is 0 Å². The second-order valence-corrected chi connectivity index (χ2v) is 4.26. The molecule has 0 saturated carbocycles. The third-order valence-corrected chi connectivity index (χ3v) is 3.21. The highest BCUT2D eigenvalue weighted by atomic mass is 16.7. The van der Waals surface area contributed by atoms with Crippen LogP contribution >= 0.6 is 0 Å². The average molecular weight is 236 g/mol. The van der Waals surface area contributed by atoms with Gasteiger partial charge in [-0.05, 0) is 38.3 Å². The zero-order valence-electron chi connectivity index (χ0n) is 10.7.